The summed E-state index contributed by atoms with van der Waals surface area (Å²) in [7, 11) is 1.61. The van der Waals surface area contributed by atoms with Crippen molar-refractivity contribution in [1.82, 2.24) is 4.98 Å². The maximum absolute atomic E-state index is 12.6. The van der Waals surface area contributed by atoms with Gasteiger partial charge in [-0.3, -0.25) is 4.79 Å². The molecular formula is C26H23N3O3S2. The number of nitrogens with one attached hydrogen (secondary N) is 1. The van der Waals surface area contributed by atoms with E-state index in [9.17, 15) is 4.79 Å². The number of rotatable bonds is 7. The Morgan fingerprint density at radius 3 is 2.59 bits per heavy atom. The number of hydrogen-bond donors (Lipinski definition) is 1. The van der Waals surface area contributed by atoms with E-state index in [0.29, 0.717) is 5.90 Å². The molecule has 1 aliphatic rings. The van der Waals surface area contributed by atoms with Crippen LogP contribution in [0.4, 0.5) is 5.69 Å². The Bertz CT molecular complexity index is 1300. The summed E-state index contributed by atoms with van der Waals surface area (Å²) in [6, 6.07) is 23.1. The maximum atomic E-state index is 12.6. The van der Waals surface area contributed by atoms with Crippen molar-refractivity contribution in [3.05, 3.63) is 88.9 Å². The highest BCUT2D eigenvalue weighted by Gasteiger charge is 2.36. The van der Waals surface area contributed by atoms with E-state index in [2.05, 4.69) is 11.4 Å². The monoisotopic (exact) mass is 489 g/mol. The van der Waals surface area contributed by atoms with Crippen molar-refractivity contribution in [1.29, 1.82) is 0 Å². The van der Waals surface area contributed by atoms with E-state index in [1.165, 1.54) is 17.3 Å². The minimum absolute atomic E-state index is 0.106. The topological polar surface area (TPSA) is 72.8 Å². The van der Waals surface area contributed by atoms with Gasteiger partial charge in [-0.15, -0.1) is 23.1 Å². The molecule has 34 heavy (non-hydrogen) atoms. The highest BCUT2D eigenvalue weighted by Crippen LogP contribution is 2.40. The summed E-state index contributed by atoms with van der Waals surface area (Å²) in [6.07, 6.45) is 0. The van der Waals surface area contributed by atoms with Gasteiger partial charge >= 0.3 is 0 Å². The molecule has 6 nitrogen and oxygen atoms in total. The summed E-state index contributed by atoms with van der Waals surface area (Å²) in [5.74, 6) is 1.45. The number of aromatic nitrogens is 1. The Morgan fingerprint density at radius 2 is 1.85 bits per heavy atom. The van der Waals surface area contributed by atoms with Crippen molar-refractivity contribution in [3.8, 4) is 5.75 Å². The lowest BCUT2D eigenvalue weighted by molar-refractivity contribution is -0.113. The summed E-state index contributed by atoms with van der Waals surface area (Å²) in [6.45, 7) is 2.05. The van der Waals surface area contributed by atoms with Crippen LogP contribution in [0, 0.1) is 6.92 Å². The average Bonchev–Trinajstić information content (AvgIpc) is 3.48. The standard InChI is InChI=1S/C26H23N3O3S2/c1-16-7-9-17(10-8-16)24-29-23(25-28-20-5-3-4-6-21(20)34-25)26(32-24)33-15-22(30)27-18-11-13-19(31-2)14-12-18/h3-14,23,26H,15H2,1-2H3,(H,27,30)/t23-,26+/m1/s1. The minimum Gasteiger partial charge on any atom is -0.497 e. The zero-order chi connectivity index (χ0) is 23.5. The molecule has 1 amide bonds. The molecule has 172 valence electrons. The smallest absolute Gasteiger partial charge is 0.234 e. The van der Waals surface area contributed by atoms with Gasteiger partial charge in [0.2, 0.25) is 11.8 Å². The first-order chi connectivity index (χ1) is 16.6. The van der Waals surface area contributed by atoms with Crippen LogP contribution in [0.3, 0.4) is 0 Å². The van der Waals surface area contributed by atoms with Crippen molar-refractivity contribution in [2.45, 2.75) is 18.4 Å². The van der Waals surface area contributed by atoms with E-state index in [1.807, 2.05) is 73.7 Å². The SMILES string of the molecule is COc1ccc(NC(=O)CS[C@@H]2OC(c3ccc(C)cc3)=N[C@@H]2c2nc3ccccc3s2)cc1. The molecule has 3 aromatic carbocycles. The molecule has 5 rings (SSSR count). The molecule has 1 aliphatic heterocycles. The second kappa shape index (κ2) is 9.87. The molecular weight excluding hydrogens is 466 g/mol. The number of carbonyl (C=O) groups is 1. The van der Waals surface area contributed by atoms with Crippen molar-refractivity contribution < 1.29 is 14.3 Å². The third kappa shape index (κ3) is 4.93. The fourth-order valence-corrected chi connectivity index (χ4v) is 5.61. The second-order valence-corrected chi connectivity index (χ2v) is 9.99. The number of aliphatic imine (C=N–C) groups is 1. The third-order valence-electron chi connectivity index (χ3n) is 5.36. The van der Waals surface area contributed by atoms with Crippen LogP contribution in [-0.2, 0) is 9.53 Å². The van der Waals surface area contributed by atoms with Gasteiger partial charge < -0.3 is 14.8 Å². The van der Waals surface area contributed by atoms with E-state index in [1.54, 1.807) is 18.4 Å². The van der Waals surface area contributed by atoms with Crippen LogP contribution < -0.4 is 10.1 Å². The number of para-hydroxylation sites is 1. The summed E-state index contributed by atoms with van der Waals surface area (Å²) in [4.78, 5) is 22.3. The van der Waals surface area contributed by atoms with Crippen LogP contribution in [0.15, 0.2) is 77.8 Å². The molecule has 0 aliphatic carbocycles. The molecule has 0 radical (unpaired) electrons. The highest BCUT2D eigenvalue weighted by atomic mass is 32.2. The van der Waals surface area contributed by atoms with E-state index < -0.39 is 0 Å². The highest BCUT2D eigenvalue weighted by molar-refractivity contribution is 8.00. The fraction of sp³-hybridized carbons (Fsp3) is 0.192. The summed E-state index contributed by atoms with van der Waals surface area (Å²) in [5, 5.41) is 3.81. The van der Waals surface area contributed by atoms with Gasteiger partial charge in [-0.1, -0.05) is 29.8 Å². The van der Waals surface area contributed by atoms with Gasteiger partial charge in [0.25, 0.3) is 0 Å². The predicted molar refractivity (Wildman–Crippen MR) is 139 cm³/mol. The third-order valence-corrected chi connectivity index (χ3v) is 7.57. The average molecular weight is 490 g/mol. The Balaban J connectivity index is 1.33. The molecule has 0 saturated heterocycles. The number of hydrogen-bond acceptors (Lipinski definition) is 7. The van der Waals surface area contributed by atoms with Crippen molar-refractivity contribution >= 4 is 50.8 Å². The summed E-state index contributed by atoms with van der Waals surface area (Å²) >= 11 is 3.04. The van der Waals surface area contributed by atoms with Gasteiger partial charge in [-0.05, 0) is 55.5 Å². The fourth-order valence-electron chi connectivity index (χ4n) is 3.57. The molecule has 4 aromatic rings. The van der Waals surface area contributed by atoms with E-state index >= 15 is 0 Å². The van der Waals surface area contributed by atoms with Gasteiger partial charge in [0.1, 0.15) is 10.8 Å². The number of benzene rings is 3. The Morgan fingerprint density at radius 1 is 1.09 bits per heavy atom. The number of ether oxygens (including phenoxy) is 2. The second-order valence-electron chi connectivity index (χ2n) is 7.84. The van der Waals surface area contributed by atoms with Crippen LogP contribution >= 0.6 is 23.1 Å². The molecule has 2 atom stereocenters. The van der Waals surface area contributed by atoms with E-state index in [-0.39, 0.29) is 23.1 Å². The lowest BCUT2D eigenvalue weighted by Crippen LogP contribution is -2.19. The zero-order valence-corrected chi connectivity index (χ0v) is 20.4. The van der Waals surface area contributed by atoms with Gasteiger partial charge in [-0.25, -0.2) is 9.98 Å². The summed E-state index contributed by atoms with van der Waals surface area (Å²) in [5.41, 5.74) is 3.41. The van der Waals surface area contributed by atoms with Crippen LogP contribution in [0.25, 0.3) is 10.2 Å². The zero-order valence-electron chi connectivity index (χ0n) is 18.7. The van der Waals surface area contributed by atoms with Crippen molar-refractivity contribution in [2.75, 3.05) is 18.2 Å². The lowest BCUT2D eigenvalue weighted by Gasteiger charge is -2.15. The van der Waals surface area contributed by atoms with Crippen molar-refractivity contribution in [3.63, 3.8) is 0 Å². The number of fused-ring (bicyclic) bond motifs is 1. The van der Waals surface area contributed by atoms with Crippen LogP contribution in [0.2, 0.25) is 0 Å². The molecule has 8 heteroatoms. The first kappa shape index (κ1) is 22.4. The first-order valence-electron chi connectivity index (χ1n) is 10.8. The molecule has 0 bridgehead atoms. The lowest BCUT2D eigenvalue weighted by atomic mass is 10.1. The quantitative estimate of drug-likeness (QED) is 0.354. The number of thioether (sulfide) groups is 1. The minimum atomic E-state index is -0.349. The number of nitrogens with zero attached hydrogens (tertiary/aromatic N) is 2. The van der Waals surface area contributed by atoms with Crippen LogP contribution in [0.5, 0.6) is 5.75 Å². The molecule has 1 aromatic heterocycles. The first-order valence-corrected chi connectivity index (χ1v) is 12.7. The Hall–Kier alpha value is -3.36. The number of amides is 1. The molecule has 1 N–H and O–H groups in total. The number of anilines is 1. The van der Waals surface area contributed by atoms with E-state index in [0.717, 1.165) is 32.2 Å². The van der Waals surface area contributed by atoms with Crippen molar-refractivity contribution in [2.24, 2.45) is 4.99 Å². The van der Waals surface area contributed by atoms with Crippen LogP contribution in [0.1, 0.15) is 22.2 Å². The molecule has 0 unspecified atom stereocenters. The van der Waals surface area contributed by atoms with Gasteiger partial charge in [0.05, 0.1) is 23.1 Å². The largest absolute Gasteiger partial charge is 0.497 e. The molecule has 0 fully saturated rings. The van der Waals surface area contributed by atoms with Gasteiger partial charge in [0.15, 0.2) is 11.5 Å². The van der Waals surface area contributed by atoms with Gasteiger partial charge in [-0.2, -0.15) is 0 Å². The van der Waals surface area contributed by atoms with Crippen LogP contribution in [-0.4, -0.2) is 35.1 Å². The molecule has 2 heterocycles. The Labute approximate surface area is 206 Å². The number of thiazole rings is 1. The maximum Gasteiger partial charge on any atom is 0.234 e. The normalized spacial score (nSPS) is 17.3. The number of aryl methyl sites for hydroxylation is 1. The Kier molecular flexibility index (Phi) is 6.51. The van der Waals surface area contributed by atoms with Gasteiger partial charge in [0, 0.05) is 11.3 Å². The summed E-state index contributed by atoms with van der Waals surface area (Å²) < 4.78 is 12.5. The predicted octanol–water partition coefficient (Wildman–Crippen LogP) is 5.83. The molecule has 0 spiro atoms. The molecule has 0 saturated carbocycles. The van der Waals surface area contributed by atoms with E-state index in [4.69, 9.17) is 19.5 Å². The number of carbonyl (C=O) groups excluding carboxylic acids is 1. The number of methoxy groups -OCH3 is 1.